The molecule has 5 heteroatoms. The van der Waals surface area contributed by atoms with E-state index in [0.29, 0.717) is 5.56 Å². The van der Waals surface area contributed by atoms with Crippen molar-refractivity contribution in [2.45, 2.75) is 0 Å². The molecule has 0 radical (unpaired) electrons. The Hall–Kier alpha value is -3.08. The van der Waals surface area contributed by atoms with Crippen LogP contribution in [0.1, 0.15) is 10.4 Å². The molecule has 2 rings (SSSR count). The Kier molecular flexibility index (Phi) is 4.71. The summed E-state index contributed by atoms with van der Waals surface area (Å²) in [5, 5.41) is 14.3. The number of benzene rings is 2. The van der Waals surface area contributed by atoms with Gasteiger partial charge in [-0.2, -0.15) is 0 Å². The molecule has 0 aliphatic heterocycles. The number of hydrogen-bond donors (Lipinski definition) is 3. The molecule has 3 N–H and O–H groups in total. The molecule has 0 heterocycles. The van der Waals surface area contributed by atoms with Crippen LogP contribution in [0.5, 0.6) is 0 Å². The molecule has 0 fully saturated rings. The van der Waals surface area contributed by atoms with Gasteiger partial charge in [0.2, 0.25) is 0 Å². The summed E-state index contributed by atoms with van der Waals surface area (Å²) in [5.41, 5.74) is 0.891. The van der Waals surface area contributed by atoms with Gasteiger partial charge in [0.05, 0.1) is 0 Å². The van der Waals surface area contributed by atoms with Gasteiger partial charge < -0.3 is 15.7 Å². The number of nitrogens with one attached hydrogen (secondary N) is 2. The third-order valence-electron chi connectivity index (χ3n) is 2.67. The molecule has 0 aromatic heterocycles. The van der Waals surface area contributed by atoms with E-state index in [2.05, 4.69) is 10.6 Å². The minimum absolute atomic E-state index is 0.229. The molecule has 0 atom stereocenters. The van der Waals surface area contributed by atoms with Crippen molar-refractivity contribution < 1.29 is 14.7 Å². The van der Waals surface area contributed by atoms with Crippen LogP contribution in [-0.2, 0) is 4.79 Å². The van der Waals surface area contributed by atoms with Crippen LogP contribution in [0.3, 0.4) is 0 Å². The van der Waals surface area contributed by atoms with Gasteiger partial charge in [0.1, 0.15) is 5.70 Å². The number of para-hydroxylation sites is 1. The fraction of sp³-hybridized carbons (Fsp3) is 0. The van der Waals surface area contributed by atoms with Crippen molar-refractivity contribution in [2.24, 2.45) is 0 Å². The molecule has 1 amide bonds. The van der Waals surface area contributed by atoms with Gasteiger partial charge in [-0.3, -0.25) is 4.79 Å². The third-order valence-corrected chi connectivity index (χ3v) is 2.67. The zero-order valence-corrected chi connectivity index (χ0v) is 11.1. The molecule has 106 valence electrons. The highest BCUT2D eigenvalue weighted by atomic mass is 16.4. The van der Waals surface area contributed by atoms with Crippen molar-refractivity contribution in [1.29, 1.82) is 0 Å². The molecule has 0 bridgehead atoms. The van der Waals surface area contributed by atoms with Crippen LogP contribution in [0.25, 0.3) is 0 Å². The minimum Gasteiger partial charge on any atom is -0.477 e. The maximum Gasteiger partial charge on any atom is 0.353 e. The lowest BCUT2D eigenvalue weighted by Crippen LogP contribution is -2.28. The first kappa shape index (κ1) is 14.3. The lowest BCUT2D eigenvalue weighted by molar-refractivity contribution is -0.133. The average Bonchev–Trinajstić information content (AvgIpc) is 2.52. The van der Waals surface area contributed by atoms with E-state index < -0.39 is 11.9 Å². The summed E-state index contributed by atoms with van der Waals surface area (Å²) in [7, 11) is 0. The molecule has 5 nitrogen and oxygen atoms in total. The number of carboxylic acid groups (broad SMARTS) is 1. The predicted octanol–water partition coefficient (Wildman–Crippen LogP) is 2.45. The van der Waals surface area contributed by atoms with Gasteiger partial charge in [-0.05, 0) is 24.3 Å². The van der Waals surface area contributed by atoms with Gasteiger partial charge in [-0.15, -0.1) is 0 Å². The molecular formula is C16H14N2O3. The van der Waals surface area contributed by atoms with Gasteiger partial charge in [-0.25, -0.2) is 4.79 Å². The fourth-order valence-electron chi connectivity index (χ4n) is 1.63. The van der Waals surface area contributed by atoms with E-state index >= 15 is 0 Å². The van der Waals surface area contributed by atoms with Crippen molar-refractivity contribution >= 4 is 17.6 Å². The molecule has 0 saturated heterocycles. The van der Waals surface area contributed by atoms with E-state index in [1.54, 1.807) is 42.5 Å². The molecule has 0 unspecified atom stereocenters. The number of carboxylic acids is 1. The molecule has 21 heavy (non-hydrogen) atoms. The van der Waals surface area contributed by atoms with Crippen LogP contribution in [0.2, 0.25) is 0 Å². The lowest BCUT2D eigenvalue weighted by atomic mass is 10.2. The summed E-state index contributed by atoms with van der Waals surface area (Å²) in [6.07, 6.45) is 1.25. The van der Waals surface area contributed by atoms with Crippen molar-refractivity contribution in [3.05, 3.63) is 78.1 Å². The molecule has 2 aromatic rings. The van der Waals surface area contributed by atoms with E-state index in [0.717, 1.165) is 5.69 Å². The Morgan fingerprint density at radius 3 is 2.05 bits per heavy atom. The van der Waals surface area contributed by atoms with E-state index in [4.69, 9.17) is 5.11 Å². The van der Waals surface area contributed by atoms with Gasteiger partial charge in [0.25, 0.3) is 5.91 Å². The van der Waals surface area contributed by atoms with E-state index in [-0.39, 0.29) is 5.70 Å². The lowest BCUT2D eigenvalue weighted by Gasteiger charge is -2.07. The monoisotopic (exact) mass is 282 g/mol. The number of aliphatic carboxylic acids is 1. The first-order chi connectivity index (χ1) is 10.2. The zero-order chi connectivity index (χ0) is 15.1. The third kappa shape index (κ3) is 4.21. The van der Waals surface area contributed by atoms with Crippen LogP contribution >= 0.6 is 0 Å². The number of carbonyl (C=O) groups excluding carboxylic acids is 1. The zero-order valence-electron chi connectivity index (χ0n) is 11.1. The normalized spacial score (nSPS) is 10.8. The number of carbonyl (C=O) groups is 2. The summed E-state index contributed by atoms with van der Waals surface area (Å²) >= 11 is 0. The second-order valence-corrected chi connectivity index (χ2v) is 4.19. The maximum atomic E-state index is 11.9. The summed E-state index contributed by atoms with van der Waals surface area (Å²) in [6.45, 7) is 0. The van der Waals surface area contributed by atoms with Gasteiger partial charge in [0.15, 0.2) is 0 Å². The minimum atomic E-state index is -1.22. The second-order valence-electron chi connectivity index (χ2n) is 4.19. The molecule has 0 aliphatic rings. The van der Waals surface area contributed by atoms with Gasteiger partial charge in [-0.1, -0.05) is 36.4 Å². The van der Waals surface area contributed by atoms with Crippen LogP contribution in [0, 0.1) is 0 Å². The van der Waals surface area contributed by atoms with E-state index in [9.17, 15) is 9.59 Å². The SMILES string of the molecule is O=C(O)C(=CNc1ccccc1)NC(=O)c1ccccc1. The Morgan fingerprint density at radius 2 is 1.48 bits per heavy atom. The number of hydrogen-bond acceptors (Lipinski definition) is 3. The number of anilines is 1. The highest BCUT2D eigenvalue weighted by Crippen LogP contribution is 2.06. The number of amides is 1. The second kappa shape index (κ2) is 6.91. The highest BCUT2D eigenvalue weighted by molar-refractivity contribution is 6.00. The largest absolute Gasteiger partial charge is 0.477 e. The Labute approximate surface area is 121 Å². The Morgan fingerprint density at radius 1 is 0.905 bits per heavy atom. The molecular weight excluding hydrogens is 268 g/mol. The van der Waals surface area contributed by atoms with Gasteiger partial charge >= 0.3 is 5.97 Å². The average molecular weight is 282 g/mol. The summed E-state index contributed by atoms with van der Waals surface area (Å²) < 4.78 is 0. The van der Waals surface area contributed by atoms with Crippen LogP contribution < -0.4 is 10.6 Å². The standard InChI is InChI=1S/C16H14N2O3/c19-15(12-7-3-1-4-8-12)18-14(16(20)21)11-17-13-9-5-2-6-10-13/h1-11,17H,(H,18,19)(H,20,21). The van der Waals surface area contributed by atoms with Crippen molar-refractivity contribution in [3.8, 4) is 0 Å². The highest BCUT2D eigenvalue weighted by Gasteiger charge is 2.12. The summed E-state index contributed by atoms with van der Waals surface area (Å²) in [5.74, 6) is -1.69. The molecule has 0 aliphatic carbocycles. The Balaban J connectivity index is 2.09. The predicted molar refractivity (Wildman–Crippen MR) is 79.7 cm³/mol. The first-order valence-electron chi connectivity index (χ1n) is 6.28. The first-order valence-corrected chi connectivity index (χ1v) is 6.28. The van der Waals surface area contributed by atoms with Crippen LogP contribution in [0.15, 0.2) is 72.6 Å². The Bertz CT molecular complexity index is 652. The van der Waals surface area contributed by atoms with Crippen molar-refractivity contribution in [3.63, 3.8) is 0 Å². The molecule has 2 aromatic carbocycles. The van der Waals surface area contributed by atoms with E-state index in [1.165, 1.54) is 6.20 Å². The topological polar surface area (TPSA) is 78.4 Å². The summed E-state index contributed by atoms with van der Waals surface area (Å²) in [6, 6.07) is 17.5. The van der Waals surface area contributed by atoms with Gasteiger partial charge in [0, 0.05) is 17.5 Å². The van der Waals surface area contributed by atoms with Crippen LogP contribution in [0.4, 0.5) is 5.69 Å². The molecule has 0 saturated carbocycles. The summed E-state index contributed by atoms with van der Waals surface area (Å²) in [4.78, 5) is 23.1. The van der Waals surface area contributed by atoms with Crippen molar-refractivity contribution in [2.75, 3.05) is 5.32 Å². The number of rotatable bonds is 5. The smallest absolute Gasteiger partial charge is 0.353 e. The fourth-order valence-corrected chi connectivity index (χ4v) is 1.63. The maximum absolute atomic E-state index is 11.9. The van der Waals surface area contributed by atoms with Crippen molar-refractivity contribution in [1.82, 2.24) is 5.32 Å². The quantitative estimate of drug-likeness (QED) is 0.736. The van der Waals surface area contributed by atoms with Crippen LogP contribution in [-0.4, -0.2) is 17.0 Å². The van der Waals surface area contributed by atoms with E-state index in [1.807, 2.05) is 18.2 Å². The molecule has 0 spiro atoms.